The standard InChI is InChI=1S/C26H32FN5O6S/c1-4-5-11-22-29-25(33)23(26(34)32(22)24-19(37-2)9-6-10-20(24)38-3)30-39(35,36)18-8-7-14-31(16-18)21-13-12-17(27)15-28-21/h6,9-10,12-13,15,18,30,33H,4-5,7-8,11,14,16H2,1-3H3/t18-/m0/s1. The summed E-state index contributed by atoms with van der Waals surface area (Å²) in [6, 6.07) is 7.73. The van der Waals surface area contributed by atoms with Crippen LogP contribution in [0.5, 0.6) is 17.4 Å². The molecule has 39 heavy (non-hydrogen) atoms. The number of nitrogens with one attached hydrogen (secondary N) is 1. The highest BCUT2D eigenvalue weighted by Crippen LogP contribution is 2.34. The van der Waals surface area contributed by atoms with E-state index < -0.39 is 38.2 Å². The summed E-state index contributed by atoms with van der Waals surface area (Å²) >= 11 is 0. The molecule has 210 valence electrons. The second-order valence-electron chi connectivity index (χ2n) is 9.17. The monoisotopic (exact) mass is 561 g/mol. The number of nitrogens with zero attached hydrogens (tertiary/aromatic N) is 4. The van der Waals surface area contributed by atoms with Crippen molar-refractivity contribution in [3.8, 4) is 23.1 Å². The van der Waals surface area contributed by atoms with Gasteiger partial charge in [-0.3, -0.25) is 14.1 Å². The number of hydrogen-bond donors (Lipinski definition) is 2. The molecule has 1 aromatic carbocycles. The molecular weight excluding hydrogens is 529 g/mol. The van der Waals surface area contributed by atoms with E-state index in [0.717, 1.165) is 12.6 Å². The number of aryl methyl sites for hydroxylation is 1. The Hall–Kier alpha value is -3.87. The molecule has 1 aliphatic rings. The molecule has 0 spiro atoms. The molecule has 0 amide bonds. The van der Waals surface area contributed by atoms with Crippen LogP contribution in [0, 0.1) is 5.82 Å². The van der Waals surface area contributed by atoms with Crippen LogP contribution in [0.3, 0.4) is 0 Å². The van der Waals surface area contributed by atoms with Crippen LogP contribution in [0.1, 0.15) is 38.4 Å². The van der Waals surface area contributed by atoms with Crippen LogP contribution in [-0.2, 0) is 16.4 Å². The van der Waals surface area contributed by atoms with Crippen molar-refractivity contribution >= 4 is 21.5 Å². The lowest BCUT2D eigenvalue weighted by Crippen LogP contribution is -2.45. The van der Waals surface area contributed by atoms with E-state index in [2.05, 4.69) is 14.7 Å². The third kappa shape index (κ3) is 5.92. The van der Waals surface area contributed by atoms with Crippen LogP contribution < -0.4 is 24.7 Å². The van der Waals surface area contributed by atoms with Crippen molar-refractivity contribution < 1.29 is 27.4 Å². The fourth-order valence-corrected chi connectivity index (χ4v) is 6.09. The summed E-state index contributed by atoms with van der Waals surface area (Å²) in [5, 5.41) is 9.82. The Balaban J connectivity index is 1.75. The summed E-state index contributed by atoms with van der Waals surface area (Å²) in [5.74, 6) is 0.0982. The largest absolute Gasteiger partial charge is 0.494 e. The summed E-state index contributed by atoms with van der Waals surface area (Å²) in [4.78, 5) is 23.9. The molecule has 1 fully saturated rings. The van der Waals surface area contributed by atoms with Gasteiger partial charge in [0, 0.05) is 19.5 Å². The molecule has 0 unspecified atom stereocenters. The first kappa shape index (κ1) is 28.1. The van der Waals surface area contributed by atoms with Crippen molar-refractivity contribution in [2.45, 2.75) is 44.3 Å². The molecule has 0 saturated carbocycles. The number of piperidine rings is 1. The number of anilines is 2. The molecule has 1 aliphatic heterocycles. The summed E-state index contributed by atoms with van der Waals surface area (Å²) in [5.41, 5.74) is -1.13. The highest BCUT2D eigenvalue weighted by Gasteiger charge is 2.34. The molecule has 3 aromatic rings. The second kappa shape index (κ2) is 11.9. The number of aromatic hydroxyl groups is 1. The molecule has 0 radical (unpaired) electrons. The Morgan fingerprint density at radius 1 is 1.18 bits per heavy atom. The lowest BCUT2D eigenvalue weighted by Gasteiger charge is -2.33. The Morgan fingerprint density at radius 2 is 1.90 bits per heavy atom. The quantitative estimate of drug-likeness (QED) is 0.382. The highest BCUT2D eigenvalue weighted by molar-refractivity contribution is 7.93. The van der Waals surface area contributed by atoms with Gasteiger partial charge in [0.2, 0.25) is 15.9 Å². The topological polar surface area (TPSA) is 136 Å². The number of unbranched alkanes of at least 4 members (excludes halogenated alkanes) is 1. The van der Waals surface area contributed by atoms with Crippen molar-refractivity contribution in [3.63, 3.8) is 0 Å². The second-order valence-corrected chi connectivity index (χ2v) is 11.1. The minimum absolute atomic E-state index is 0.0747. The van der Waals surface area contributed by atoms with E-state index in [-0.39, 0.29) is 18.1 Å². The maximum absolute atomic E-state index is 13.9. The van der Waals surface area contributed by atoms with Gasteiger partial charge in [0.25, 0.3) is 5.56 Å². The number of benzene rings is 1. The minimum Gasteiger partial charge on any atom is -0.494 e. The zero-order chi connectivity index (χ0) is 28.2. The van der Waals surface area contributed by atoms with E-state index >= 15 is 0 Å². The molecule has 0 aliphatic carbocycles. The van der Waals surface area contributed by atoms with Crippen LogP contribution in [0.4, 0.5) is 15.9 Å². The molecule has 0 bridgehead atoms. The van der Waals surface area contributed by atoms with Gasteiger partial charge in [-0.25, -0.2) is 17.8 Å². The van der Waals surface area contributed by atoms with E-state index in [4.69, 9.17) is 9.47 Å². The number of sulfonamides is 1. The number of methoxy groups -OCH3 is 2. The maximum atomic E-state index is 13.9. The molecule has 1 saturated heterocycles. The highest BCUT2D eigenvalue weighted by atomic mass is 32.2. The van der Waals surface area contributed by atoms with Crippen LogP contribution in [-0.4, -0.2) is 60.6 Å². The van der Waals surface area contributed by atoms with Crippen molar-refractivity contribution in [2.75, 3.05) is 36.9 Å². The predicted molar refractivity (Wildman–Crippen MR) is 145 cm³/mol. The minimum atomic E-state index is -4.16. The molecule has 11 nitrogen and oxygen atoms in total. The van der Waals surface area contributed by atoms with Gasteiger partial charge in [-0.2, -0.15) is 4.98 Å². The van der Waals surface area contributed by atoms with E-state index in [9.17, 15) is 22.7 Å². The Bertz CT molecular complexity index is 1460. The van der Waals surface area contributed by atoms with Crippen LogP contribution >= 0.6 is 0 Å². The molecule has 1 atom stereocenters. The number of halogens is 1. The SMILES string of the molecule is CCCCc1nc(O)c(NS(=O)(=O)[C@H]2CCCN(c3ccc(F)cn3)C2)c(=O)n1-c1c(OC)cccc1OC. The molecule has 4 rings (SSSR count). The van der Waals surface area contributed by atoms with Gasteiger partial charge in [0.05, 0.1) is 25.7 Å². The molecular formula is C26H32FN5O6S. The summed E-state index contributed by atoms with van der Waals surface area (Å²) in [7, 11) is -1.28. The van der Waals surface area contributed by atoms with Crippen LogP contribution in [0.2, 0.25) is 0 Å². The van der Waals surface area contributed by atoms with E-state index in [1.54, 1.807) is 23.1 Å². The summed E-state index contributed by atoms with van der Waals surface area (Å²) < 4.78 is 54.8. The molecule has 3 heterocycles. The van der Waals surface area contributed by atoms with Gasteiger partial charge in [-0.15, -0.1) is 0 Å². The number of hydrogen-bond acceptors (Lipinski definition) is 9. The average molecular weight is 562 g/mol. The third-order valence-electron chi connectivity index (χ3n) is 6.61. The number of aromatic nitrogens is 3. The fourth-order valence-electron chi connectivity index (χ4n) is 4.61. The van der Waals surface area contributed by atoms with Crippen LogP contribution in [0.15, 0.2) is 41.3 Å². The Morgan fingerprint density at radius 3 is 2.51 bits per heavy atom. The summed E-state index contributed by atoms with van der Waals surface area (Å²) in [6.45, 7) is 2.60. The van der Waals surface area contributed by atoms with E-state index in [0.29, 0.717) is 49.5 Å². The van der Waals surface area contributed by atoms with Crippen molar-refractivity contribution in [3.05, 3.63) is 58.5 Å². The van der Waals surface area contributed by atoms with Gasteiger partial charge >= 0.3 is 0 Å². The Kier molecular flexibility index (Phi) is 8.58. The summed E-state index contributed by atoms with van der Waals surface area (Å²) in [6.07, 6.45) is 3.75. The van der Waals surface area contributed by atoms with Gasteiger partial charge < -0.3 is 19.5 Å². The fraction of sp³-hybridized carbons (Fsp3) is 0.423. The number of para-hydroxylation sites is 1. The van der Waals surface area contributed by atoms with E-state index in [1.165, 1.54) is 30.9 Å². The number of pyridine rings is 1. The van der Waals surface area contributed by atoms with Gasteiger partial charge in [-0.05, 0) is 43.5 Å². The zero-order valence-electron chi connectivity index (χ0n) is 22.1. The van der Waals surface area contributed by atoms with Crippen molar-refractivity contribution in [1.82, 2.24) is 14.5 Å². The first-order valence-corrected chi connectivity index (χ1v) is 14.2. The van der Waals surface area contributed by atoms with Gasteiger partial charge in [0.1, 0.15) is 34.6 Å². The Labute approximate surface area is 226 Å². The molecule has 13 heteroatoms. The smallest absolute Gasteiger partial charge is 0.286 e. The van der Waals surface area contributed by atoms with Crippen LogP contribution in [0.25, 0.3) is 5.69 Å². The lowest BCUT2D eigenvalue weighted by molar-refractivity contribution is 0.388. The number of ether oxygens (including phenoxy) is 2. The maximum Gasteiger partial charge on any atom is 0.286 e. The predicted octanol–water partition coefficient (Wildman–Crippen LogP) is 3.24. The molecule has 2 N–H and O–H groups in total. The molecule has 2 aromatic heterocycles. The third-order valence-corrected chi connectivity index (χ3v) is 8.36. The lowest BCUT2D eigenvalue weighted by atomic mass is 10.1. The van der Waals surface area contributed by atoms with Crippen molar-refractivity contribution in [2.24, 2.45) is 0 Å². The van der Waals surface area contributed by atoms with Crippen molar-refractivity contribution in [1.29, 1.82) is 0 Å². The average Bonchev–Trinajstić information content (AvgIpc) is 2.94. The van der Waals surface area contributed by atoms with Gasteiger partial charge in [-0.1, -0.05) is 19.4 Å². The first-order valence-electron chi connectivity index (χ1n) is 12.6. The first-order chi connectivity index (χ1) is 18.7. The van der Waals surface area contributed by atoms with E-state index in [1.807, 2.05) is 6.92 Å². The normalized spacial score (nSPS) is 15.7. The number of rotatable bonds is 10. The zero-order valence-corrected chi connectivity index (χ0v) is 22.9. The van der Waals surface area contributed by atoms with Gasteiger partial charge in [0.15, 0.2) is 5.69 Å².